The first-order valence-corrected chi connectivity index (χ1v) is 8.00. The minimum atomic E-state index is 0.821. The van der Waals surface area contributed by atoms with E-state index in [2.05, 4.69) is 23.1 Å². The fourth-order valence-electron chi connectivity index (χ4n) is 3.21. The number of anilines is 1. The molecule has 0 aliphatic carbocycles. The fraction of sp³-hybridized carbons (Fsp3) is 0.368. The molecular weight excluding hydrogens is 288 g/mol. The molecule has 3 rings (SSSR count). The molecule has 2 aromatic rings. The third kappa shape index (κ3) is 3.42. The second kappa shape index (κ2) is 6.92. The maximum absolute atomic E-state index is 5.74. The third-order valence-electron chi connectivity index (χ3n) is 4.51. The van der Waals surface area contributed by atoms with Crippen LogP contribution in [-0.4, -0.2) is 32.2 Å². The van der Waals surface area contributed by atoms with E-state index in [9.17, 15) is 0 Å². The van der Waals surface area contributed by atoms with Crippen LogP contribution < -0.4 is 15.2 Å². The molecule has 2 aromatic carbocycles. The number of benzene rings is 2. The van der Waals surface area contributed by atoms with Gasteiger partial charge in [0, 0.05) is 30.9 Å². The van der Waals surface area contributed by atoms with Gasteiger partial charge in [0.1, 0.15) is 0 Å². The molecule has 0 unspecified atom stereocenters. The standard InChI is InChI=1S/C19H24N2O2/c1-22-18-8-5-15-13-21(12-10-17(15)19(18)23-2)11-9-14-3-6-16(20)7-4-14/h3-8H,9-13,20H2,1-2H3. The van der Waals surface area contributed by atoms with E-state index in [0.29, 0.717) is 0 Å². The zero-order valence-electron chi connectivity index (χ0n) is 13.8. The van der Waals surface area contributed by atoms with Crippen molar-refractivity contribution in [2.75, 3.05) is 33.0 Å². The summed E-state index contributed by atoms with van der Waals surface area (Å²) in [6.45, 7) is 3.06. The van der Waals surface area contributed by atoms with Crippen LogP contribution in [0.15, 0.2) is 36.4 Å². The Bertz CT molecular complexity index is 668. The third-order valence-corrected chi connectivity index (χ3v) is 4.51. The summed E-state index contributed by atoms with van der Waals surface area (Å²) in [5, 5.41) is 0. The van der Waals surface area contributed by atoms with E-state index < -0.39 is 0 Å². The van der Waals surface area contributed by atoms with Gasteiger partial charge in [0.15, 0.2) is 11.5 Å². The fourth-order valence-corrected chi connectivity index (χ4v) is 3.21. The predicted molar refractivity (Wildman–Crippen MR) is 93.1 cm³/mol. The molecule has 23 heavy (non-hydrogen) atoms. The lowest BCUT2D eigenvalue weighted by Crippen LogP contribution is -2.32. The van der Waals surface area contributed by atoms with Gasteiger partial charge in [-0.3, -0.25) is 4.90 Å². The zero-order valence-corrected chi connectivity index (χ0v) is 13.8. The Balaban J connectivity index is 1.67. The highest BCUT2D eigenvalue weighted by molar-refractivity contribution is 5.51. The quantitative estimate of drug-likeness (QED) is 0.863. The summed E-state index contributed by atoms with van der Waals surface area (Å²) in [6, 6.07) is 12.3. The van der Waals surface area contributed by atoms with E-state index in [4.69, 9.17) is 15.2 Å². The van der Waals surface area contributed by atoms with Crippen molar-refractivity contribution >= 4 is 5.69 Å². The molecule has 0 radical (unpaired) electrons. The first-order chi connectivity index (χ1) is 11.2. The van der Waals surface area contributed by atoms with Crippen LogP contribution in [0.3, 0.4) is 0 Å². The van der Waals surface area contributed by atoms with Gasteiger partial charge >= 0.3 is 0 Å². The van der Waals surface area contributed by atoms with Gasteiger partial charge in [0.25, 0.3) is 0 Å². The lowest BCUT2D eigenvalue weighted by atomic mass is 9.97. The number of methoxy groups -OCH3 is 2. The monoisotopic (exact) mass is 312 g/mol. The SMILES string of the molecule is COc1ccc2c(c1OC)CCN(CCc1ccc(N)cc1)C2. The van der Waals surface area contributed by atoms with Crippen LogP contribution in [0, 0.1) is 0 Å². The van der Waals surface area contributed by atoms with Gasteiger partial charge in [-0.25, -0.2) is 0 Å². The second-order valence-electron chi connectivity index (χ2n) is 5.96. The van der Waals surface area contributed by atoms with Gasteiger partial charge in [-0.05, 0) is 42.2 Å². The van der Waals surface area contributed by atoms with Gasteiger partial charge in [0.05, 0.1) is 14.2 Å². The molecule has 0 spiro atoms. The number of fused-ring (bicyclic) bond motifs is 1. The number of nitrogen functional groups attached to an aromatic ring is 1. The second-order valence-corrected chi connectivity index (χ2v) is 5.96. The molecule has 0 atom stereocenters. The van der Waals surface area contributed by atoms with Crippen molar-refractivity contribution in [3.8, 4) is 11.5 Å². The van der Waals surface area contributed by atoms with Gasteiger partial charge < -0.3 is 15.2 Å². The molecule has 1 aliphatic heterocycles. The van der Waals surface area contributed by atoms with Crippen LogP contribution in [0.2, 0.25) is 0 Å². The summed E-state index contributed by atoms with van der Waals surface area (Å²) in [5.41, 5.74) is 10.5. The summed E-state index contributed by atoms with van der Waals surface area (Å²) < 4.78 is 11.0. The summed E-state index contributed by atoms with van der Waals surface area (Å²) in [6.07, 6.45) is 2.04. The number of hydrogen-bond acceptors (Lipinski definition) is 4. The van der Waals surface area contributed by atoms with E-state index >= 15 is 0 Å². The molecule has 0 aromatic heterocycles. The average molecular weight is 312 g/mol. The Kier molecular flexibility index (Phi) is 4.72. The lowest BCUT2D eigenvalue weighted by molar-refractivity contribution is 0.252. The number of hydrogen-bond donors (Lipinski definition) is 1. The lowest BCUT2D eigenvalue weighted by Gasteiger charge is -2.30. The number of rotatable bonds is 5. The van der Waals surface area contributed by atoms with Crippen molar-refractivity contribution < 1.29 is 9.47 Å². The van der Waals surface area contributed by atoms with Crippen LogP contribution in [0.5, 0.6) is 11.5 Å². The number of ether oxygens (including phenoxy) is 2. The maximum Gasteiger partial charge on any atom is 0.164 e. The molecule has 2 N–H and O–H groups in total. The van der Waals surface area contributed by atoms with E-state index in [-0.39, 0.29) is 0 Å². The molecule has 0 saturated heterocycles. The molecule has 4 nitrogen and oxygen atoms in total. The topological polar surface area (TPSA) is 47.7 Å². The van der Waals surface area contributed by atoms with Gasteiger partial charge in [-0.2, -0.15) is 0 Å². The van der Waals surface area contributed by atoms with Gasteiger partial charge in [-0.15, -0.1) is 0 Å². The van der Waals surface area contributed by atoms with E-state index in [1.165, 1.54) is 16.7 Å². The van der Waals surface area contributed by atoms with Gasteiger partial charge in [0.2, 0.25) is 0 Å². The normalized spacial score (nSPS) is 14.3. The van der Waals surface area contributed by atoms with Crippen molar-refractivity contribution in [3.05, 3.63) is 53.1 Å². The first-order valence-electron chi connectivity index (χ1n) is 8.00. The smallest absolute Gasteiger partial charge is 0.164 e. The Morgan fingerprint density at radius 1 is 1.04 bits per heavy atom. The van der Waals surface area contributed by atoms with Gasteiger partial charge in [-0.1, -0.05) is 18.2 Å². The molecule has 122 valence electrons. The molecule has 1 heterocycles. The van der Waals surface area contributed by atoms with E-state index in [1.807, 2.05) is 18.2 Å². The van der Waals surface area contributed by atoms with Crippen molar-refractivity contribution in [3.63, 3.8) is 0 Å². The minimum Gasteiger partial charge on any atom is -0.493 e. The Morgan fingerprint density at radius 3 is 2.52 bits per heavy atom. The summed E-state index contributed by atoms with van der Waals surface area (Å²) in [5.74, 6) is 1.71. The maximum atomic E-state index is 5.74. The van der Waals surface area contributed by atoms with Crippen molar-refractivity contribution in [1.29, 1.82) is 0 Å². The average Bonchev–Trinajstić information content (AvgIpc) is 2.60. The van der Waals surface area contributed by atoms with Crippen LogP contribution in [0.1, 0.15) is 16.7 Å². The summed E-state index contributed by atoms with van der Waals surface area (Å²) >= 11 is 0. The largest absolute Gasteiger partial charge is 0.493 e. The predicted octanol–water partition coefficient (Wildman–Crippen LogP) is 2.89. The van der Waals surface area contributed by atoms with E-state index in [1.54, 1.807) is 14.2 Å². The molecule has 1 aliphatic rings. The molecule has 0 amide bonds. The number of nitrogens with two attached hydrogens (primary N) is 1. The molecule has 0 fully saturated rings. The molecular formula is C19H24N2O2. The Labute approximate surface area is 137 Å². The van der Waals surface area contributed by atoms with Crippen LogP contribution in [0.4, 0.5) is 5.69 Å². The highest BCUT2D eigenvalue weighted by Gasteiger charge is 2.21. The van der Waals surface area contributed by atoms with E-state index in [0.717, 1.165) is 49.7 Å². The van der Waals surface area contributed by atoms with Crippen molar-refractivity contribution in [2.45, 2.75) is 19.4 Å². The Morgan fingerprint density at radius 2 is 1.83 bits per heavy atom. The van der Waals surface area contributed by atoms with Crippen LogP contribution in [0.25, 0.3) is 0 Å². The highest BCUT2D eigenvalue weighted by Crippen LogP contribution is 2.36. The summed E-state index contributed by atoms with van der Waals surface area (Å²) in [4.78, 5) is 2.49. The summed E-state index contributed by atoms with van der Waals surface area (Å²) in [7, 11) is 3.40. The number of nitrogens with zero attached hydrogens (tertiary/aromatic N) is 1. The first kappa shape index (κ1) is 15.7. The molecule has 0 saturated carbocycles. The highest BCUT2D eigenvalue weighted by atomic mass is 16.5. The molecule has 4 heteroatoms. The van der Waals surface area contributed by atoms with Crippen molar-refractivity contribution in [2.24, 2.45) is 0 Å². The van der Waals surface area contributed by atoms with Crippen LogP contribution in [-0.2, 0) is 19.4 Å². The zero-order chi connectivity index (χ0) is 16.2. The minimum absolute atomic E-state index is 0.821. The van der Waals surface area contributed by atoms with Crippen molar-refractivity contribution in [1.82, 2.24) is 4.90 Å². The van der Waals surface area contributed by atoms with Crippen LogP contribution >= 0.6 is 0 Å². The Hall–Kier alpha value is -2.20. The molecule has 0 bridgehead atoms.